The Bertz CT molecular complexity index is 501. The van der Waals surface area contributed by atoms with Gasteiger partial charge in [-0.3, -0.25) is 0 Å². The summed E-state index contributed by atoms with van der Waals surface area (Å²) in [7, 11) is 0. The van der Waals surface area contributed by atoms with E-state index in [1.165, 1.54) is 42.5 Å². The van der Waals surface area contributed by atoms with Gasteiger partial charge in [0, 0.05) is 5.69 Å². The summed E-state index contributed by atoms with van der Waals surface area (Å²) in [4.78, 5) is 0. The van der Waals surface area contributed by atoms with Crippen molar-refractivity contribution >= 4 is 5.69 Å². The van der Waals surface area contributed by atoms with Gasteiger partial charge < -0.3 is 5.32 Å². The molecule has 0 amide bonds. The number of aryl methyl sites for hydroxylation is 1. The maximum atomic E-state index is 3.71. The van der Waals surface area contributed by atoms with Crippen LogP contribution in [0.15, 0.2) is 54.6 Å². The first-order valence-corrected chi connectivity index (χ1v) is 8.24. The molecule has 1 N–H and O–H groups in total. The maximum Gasteiger partial charge on any atom is 0.0513 e. The highest BCUT2D eigenvalue weighted by molar-refractivity contribution is 5.46. The van der Waals surface area contributed by atoms with Gasteiger partial charge in [0.2, 0.25) is 0 Å². The number of anilines is 1. The minimum absolute atomic E-state index is 0.408. The van der Waals surface area contributed by atoms with E-state index in [4.69, 9.17) is 0 Å². The van der Waals surface area contributed by atoms with Gasteiger partial charge in [0.15, 0.2) is 0 Å². The van der Waals surface area contributed by atoms with Crippen molar-refractivity contribution in [2.45, 2.75) is 52.0 Å². The van der Waals surface area contributed by atoms with E-state index >= 15 is 0 Å². The van der Waals surface area contributed by atoms with Crippen LogP contribution in [0.1, 0.15) is 56.7 Å². The van der Waals surface area contributed by atoms with Crippen molar-refractivity contribution in [2.75, 3.05) is 5.32 Å². The summed E-state index contributed by atoms with van der Waals surface area (Å²) < 4.78 is 0. The molecule has 1 heteroatoms. The molecule has 0 fully saturated rings. The summed E-state index contributed by atoms with van der Waals surface area (Å²) >= 11 is 0. The summed E-state index contributed by atoms with van der Waals surface area (Å²) in [6.45, 7) is 4.45. The fourth-order valence-electron chi connectivity index (χ4n) is 2.64. The zero-order chi connectivity index (χ0) is 14.9. The highest BCUT2D eigenvalue weighted by Gasteiger charge is 2.10. The molecule has 0 aliphatic heterocycles. The van der Waals surface area contributed by atoms with Crippen LogP contribution in [-0.4, -0.2) is 0 Å². The Balaban J connectivity index is 2.07. The lowest BCUT2D eigenvalue weighted by Crippen LogP contribution is -2.10. The number of hydrogen-bond acceptors (Lipinski definition) is 1. The summed E-state index contributed by atoms with van der Waals surface area (Å²) in [5.41, 5.74) is 3.99. The molecule has 0 aromatic heterocycles. The zero-order valence-corrected chi connectivity index (χ0v) is 13.3. The van der Waals surface area contributed by atoms with Crippen molar-refractivity contribution in [1.29, 1.82) is 0 Å². The highest BCUT2D eigenvalue weighted by Crippen LogP contribution is 2.25. The summed E-state index contributed by atoms with van der Waals surface area (Å²) in [6.07, 6.45) is 6.13. The first-order chi connectivity index (χ1) is 10.3. The molecule has 2 rings (SSSR count). The molecule has 0 bridgehead atoms. The van der Waals surface area contributed by atoms with E-state index in [0.29, 0.717) is 6.04 Å². The third kappa shape index (κ3) is 4.93. The van der Waals surface area contributed by atoms with Crippen molar-refractivity contribution in [3.05, 3.63) is 65.7 Å². The Hall–Kier alpha value is -1.76. The van der Waals surface area contributed by atoms with Gasteiger partial charge in [0.1, 0.15) is 0 Å². The first-order valence-electron chi connectivity index (χ1n) is 8.24. The molecule has 0 heterocycles. The molecular weight excluding hydrogens is 254 g/mol. The topological polar surface area (TPSA) is 12.0 Å². The van der Waals surface area contributed by atoms with Crippen LogP contribution in [0.3, 0.4) is 0 Å². The van der Waals surface area contributed by atoms with Crippen LogP contribution in [0.25, 0.3) is 0 Å². The summed E-state index contributed by atoms with van der Waals surface area (Å²) in [5.74, 6) is 0. The van der Waals surface area contributed by atoms with E-state index < -0.39 is 0 Å². The number of hydrogen-bond donors (Lipinski definition) is 1. The van der Waals surface area contributed by atoms with Gasteiger partial charge in [-0.1, -0.05) is 75.6 Å². The predicted molar refractivity (Wildman–Crippen MR) is 92.8 cm³/mol. The molecule has 2 aromatic carbocycles. The molecule has 0 saturated carbocycles. The maximum absolute atomic E-state index is 3.71. The lowest BCUT2D eigenvalue weighted by molar-refractivity contribution is 0.606. The summed E-state index contributed by atoms with van der Waals surface area (Å²) in [6, 6.07) is 20.0. The van der Waals surface area contributed by atoms with Crippen LogP contribution in [0, 0.1) is 0 Å². The third-order valence-corrected chi connectivity index (χ3v) is 4.00. The second-order valence-electron chi connectivity index (χ2n) is 5.65. The minimum Gasteiger partial charge on any atom is -0.378 e. The van der Waals surface area contributed by atoms with Crippen LogP contribution < -0.4 is 5.32 Å². The molecule has 112 valence electrons. The molecule has 0 saturated heterocycles. The highest BCUT2D eigenvalue weighted by atomic mass is 14.9. The van der Waals surface area contributed by atoms with Crippen molar-refractivity contribution in [1.82, 2.24) is 0 Å². The van der Waals surface area contributed by atoms with Gasteiger partial charge in [-0.25, -0.2) is 0 Å². The Kier molecular flexibility index (Phi) is 6.33. The Morgan fingerprint density at radius 1 is 0.857 bits per heavy atom. The first kappa shape index (κ1) is 15.6. The largest absolute Gasteiger partial charge is 0.378 e. The van der Waals surface area contributed by atoms with Gasteiger partial charge in [0.25, 0.3) is 0 Å². The second kappa shape index (κ2) is 8.51. The van der Waals surface area contributed by atoms with E-state index in [0.717, 1.165) is 6.42 Å². The third-order valence-electron chi connectivity index (χ3n) is 4.00. The van der Waals surface area contributed by atoms with E-state index in [1.807, 2.05) is 0 Å². The van der Waals surface area contributed by atoms with Crippen molar-refractivity contribution in [3.8, 4) is 0 Å². The fraction of sp³-hybridized carbons (Fsp3) is 0.400. The molecule has 2 aromatic rings. The monoisotopic (exact) mass is 281 g/mol. The molecule has 21 heavy (non-hydrogen) atoms. The molecule has 1 unspecified atom stereocenters. The van der Waals surface area contributed by atoms with E-state index in [-0.39, 0.29) is 0 Å². The average Bonchev–Trinajstić information content (AvgIpc) is 2.55. The molecule has 0 aliphatic rings. The lowest BCUT2D eigenvalue weighted by Gasteiger charge is -2.20. The average molecular weight is 281 g/mol. The van der Waals surface area contributed by atoms with Crippen molar-refractivity contribution in [3.63, 3.8) is 0 Å². The van der Waals surface area contributed by atoms with Crippen LogP contribution in [-0.2, 0) is 6.42 Å². The van der Waals surface area contributed by atoms with Crippen LogP contribution in [0.5, 0.6) is 0 Å². The normalized spacial score (nSPS) is 12.1. The zero-order valence-electron chi connectivity index (χ0n) is 13.3. The number of unbranched alkanes of at least 4 members (excludes halogenated alkanes) is 2. The van der Waals surface area contributed by atoms with Gasteiger partial charge in [-0.2, -0.15) is 0 Å². The smallest absolute Gasteiger partial charge is 0.0513 e. The van der Waals surface area contributed by atoms with Gasteiger partial charge in [-0.05, 0) is 36.1 Å². The molecule has 0 aliphatic carbocycles. The van der Waals surface area contributed by atoms with E-state index in [1.54, 1.807) is 0 Å². The SMILES string of the molecule is CCCCCC(Nc1ccc(CC)cc1)c1ccccc1. The molecular formula is C20H27N. The van der Waals surface area contributed by atoms with Crippen molar-refractivity contribution < 1.29 is 0 Å². The Morgan fingerprint density at radius 3 is 2.19 bits per heavy atom. The summed E-state index contributed by atoms with van der Waals surface area (Å²) in [5, 5.41) is 3.71. The number of benzene rings is 2. The Labute approximate surface area is 129 Å². The standard InChI is InChI=1S/C20H27N/c1-3-5-7-12-20(18-10-8-6-9-11-18)21-19-15-13-17(4-2)14-16-19/h6,8-11,13-16,20-21H,3-5,7,12H2,1-2H3. The van der Waals surface area contributed by atoms with E-state index in [2.05, 4.69) is 73.8 Å². The molecule has 0 spiro atoms. The van der Waals surface area contributed by atoms with Gasteiger partial charge >= 0.3 is 0 Å². The minimum atomic E-state index is 0.408. The predicted octanol–water partition coefficient (Wildman–Crippen LogP) is 5.98. The van der Waals surface area contributed by atoms with Crippen molar-refractivity contribution in [2.24, 2.45) is 0 Å². The quantitative estimate of drug-likeness (QED) is 0.587. The lowest BCUT2D eigenvalue weighted by atomic mass is 10.00. The molecule has 1 nitrogen and oxygen atoms in total. The van der Waals surface area contributed by atoms with E-state index in [9.17, 15) is 0 Å². The molecule has 1 atom stereocenters. The fourth-order valence-corrected chi connectivity index (χ4v) is 2.64. The van der Waals surface area contributed by atoms with Crippen LogP contribution >= 0.6 is 0 Å². The van der Waals surface area contributed by atoms with Gasteiger partial charge in [0.05, 0.1) is 6.04 Å². The van der Waals surface area contributed by atoms with Crippen LogP contribution in [0.2, 0.25) is 0 Å². The Morgan fingerprint density at radius 2 is 1.57 bits per heavy atom. The number of rotatable bonds is 8. The van der Waals surface area contributed by atoms with Crippen LogP contribution in [0.4, 0.5) is 5.69 Å². The number of nitrogens with one attached hydrogen (secondary N) is 1. The molecule has 0 radical (unpaired) electrons. The second-order valence-corrected chi connectivity index (χ2v) is 5.65. The van der Waals surface area contributed by atoms with Gasteiger partial charge in [-0.15, -0.1) is 0 Å².